The topological polar surface area (TPSA) is 47.0 Å². The van der Waals surface area contributed by atoms with Crippen LogP contribution < -0.4 is 5.32 Å². The molecule has 0 spiro atoms. The zero-order valence-corrected chi connectivity index (χ0v) is 12.7. The first-order chi connectivity index (χ1) is 9.19. The standard InChI is InChI=1S/C15H27N3O/c1-5-7-8-13(6-2)10-19-11-15-17-12(3)9-14(16-4)18-15/h9,13H,5-8,10-11H2,1-4H3,(H,16,17,18). The number of aryl methyl sites for hydroxylation is 1. The Balaban J connectivity index is 2.41. The molecule has 0 aromatic carbocycles. The van der Waals surface area contributed by atoms with Crippen molar-refractivity contribution in [2.75, 3.05) is 19.0 Å². The summed E-state index contributed by atoms with van der Waals surface area (Å²) in [4.78, 5) is 8.78. The Hall–Kier alpha value is -1.16. The zero-order chi connectivity index (χ0) is 14.1. The van der Waals surface area contributed by atoms with E-state index in [9.17, 15) is 0 Å². The van der Waals surface area contributed by atoms with Gasteiger partial charge in [-0.3, -0.25) is 0 Å². The molecule has 0 aliphatic heterocycles. The van der Waals surface area contributed by atoms with Gasteiger partial charge in [0.1, 0.15) is 12.4 Å². The third-order valence-corrected chi connectivity index (χ3v) is 3.28. The first-order valence-corrected chi connectivity index (χ1v) is 7.29. The van der Waals surface area contributed by atoms with Crippen molar-refractivity contribution in [3.8, 4) is 0 Å². The van der Waals surface area contributed by atoms with E-state index in [1.807, 2.05) is 20.0 Å². The van der Waals surface area contributed by atoms with Crippen LogP contribution in [0.15, 0.2) is 6.07 Å². The first-order valence-electron chi connectivity index (χ1n) is 7.29. The molecule has 0 aliphatic rings. The predicted octanol–water partition coefficient (Wildman–Crippen LogP) is 3.56. The highest BCUT2D eigenvalue weighted by Crippen LogP contribution is 2.14. The smallest absolute Gasteiger partial charge is 0.156 e. The van der Waals surface area contributed by atoms with E-state index in [0.717, 1.165) is 23.9 Å². The lowest BCUT2D eigenvalue weighted by molar-refractivity contribution is 0.0777. The van der Waals surface area contributed by atoms with Gasteiger partial charge in [0, 0.05) is 25.4 Å². The maximum atomic E-state index is 5.77. The van der Waals surface area contributed by atoms with Crippen molar-refractivity contribution in [1.82, 2.24) is 9.97 Å². The summed E-state index contributed by atoms with van der Waals surface area (Å²) >= 11 is 0. The number of unbranched alkanes of at least 4 members (excludes halogenated alkanes) is 1. The number of nitrogens with zero attached hydrogens (tertiary/aromatic N) is 2. The highest BCUT2D eigenvalue weighted by Gasteiger charge is 2.07. The minimum absolute atomic E-state index is 0.499. The van der Waals surface area contributed by atoms with Gasteiger partial charge in [0.2, 0.25) is 0 Å². The van der Waals surface area contributed by atoms with Crippen LogP contribution in [0.4, 0.5) is 5.82 Å². The summed E-state index contributed by atoms with van der Waals surface area (Å²) in [5.74, 6) is 2.27. The molecule has 0 saturated carbocycles. The number of nitrogens with one attached hydrogen (secondary N) is 1. The maximum Gasteiger partial charge on any atom is 0.156 e. The third-order valence-electron chi connectivity index (χ3n) is 3.28. The van der Waals surface area contributed by atoms with Gasteiger partial charge in [-0.25, -0.2) is 9.97 Å². The van der Waals surface area contributed by atoms with Crippen LogP contribution in [-0.4, -0.2) is 23.6 Å². The molecule has 1 rings (SSSR count). The fraction of sp³-hybridized carbons (Fsp3) is 0.733. The van der Waals surface area contributed by atoms with Gasteiger partial charge in [0.15, 0.2) is 5.82 Å². The summed E-state index contributed by atoms with van der Waals surface area (Å²) in [6, 6.07) is 1.93. The lowest BCUT2D eigenvalue weighted by atomic mass is 10.0. The summed E-state index contributed by atoms with van der Waals surface area (Å²) < 4.78 is 5.77. The average molecular weight is 265 g/mol. The summed E-state index contributed by atoms with van der Waals surface area (Å²) in [5, 5.41) is 3.04. The van der Waals surface area contributed by atoms with E-state index in [-0.39, 0.29) is 0 Å². The fourth-order valence-corrected chi connectivity index (χ4v) is 2.04. The average Bonchev–Trinajstić information content (AvgIpc) is 2.42. The number of rotatable bonds is 9. The summed E-state index contributed by atoms with van der Waals surface area (Å²) in [6.45, 7) is 7.74. The molecule has 0 radical (unpaired) electrons. The van der Waals surface area contributed by atoms with E-state index in [0.29, 0.717) is 12.5 Å². The van der Waals surface area contributed by atoms with Gasteiger partial charge < -0.3 is 10.1 Å². The van der Waals surface area contributed by atoms with Crippen LogP contribution in [0.3, 0.4) is 0 Å². The molecule has 1 aromatic heterocycles. The van der Waals surface area contributed by atoms with Crippen LogP contribution in [0.2, 0.25) is 0 Å². The quantitative estimate of drug-likeness (QED) is 0.741. The Morgan fingerprint density at radius 1 is 1.32 bits per heavy atom. The molecular formula is C15H27N3O. The van der Waals surface area contributed by atoms with Crippen LogP contribution in [0, 0.1) is 12.8 Å². The van der Waals surface area contributed by atoms with E-state index in [2.05, 4.69) is 29.1 Å². The van der Waals surface area contributed by atoms with E-state index < -0.39 is 0 Å². The Bertz CT molecular complexity index is 368. The molecule has 19 heavy (non-hydrogen) atoms. The molecule has 4 heteroatoms. The summed E-state index contributed by atoms with van der Waals surface area (Å²) in [5.41, 5.74) is 0.968. The van der Waals surface area contributed by atoms with Crippen molar-refractivity contribution in [1.29, 1.82) is 0 Å². The van der Waals surface area contributed by atoms with Crippen molar-refractivity contribution in [2.45, 2.75) is 53.1 Å². The van der Waals surface area contributed by atoms with E-state index in [1.165, 1.54) is 25.7 Å². The van der Waals surface area contributed by atoms with Crippen LogP contribution in [-0.2, 0) is 11.3 Å². The number of ether oxygens (including phenoxy) is 1. The summed E-state index contributed by atoms with van der Waals surface area (Å²) in [7, 11) is 1.87. The van der Waals surface area contributed by atoms with Crippen LogP contribution >= 0.6 is 0 Å². The second-order valence-electron chi connectivity index (χ2n) is 4.99. The lowest BCUT2D eigenvalue weighted by Crippen LogP contribution is -2.11. The van der Waals surface area contributed by atoms with Gasteiger partial charge in [-0.15, -0.1) is 0 Å². The van der Waals surface area contributed by atoms with Gasteiger partial charge in [0.05, 0.1) is 0 Å². The Morgan fingerprint density at radius 2 is 2.11 bits per heavy atom. The fourth-order valence-electron chi connectivity index (χ4n) is 2.04. The highest BCUT2D eigenvalue weighted by atomic mass is 16.5. The second kappa shape index (κ2) is 8.86. The molecule has 0 bridgehead atoms. The number of anilines is 1. The third kappa shape index (κ3) is 6.01. The Kier molecular flexibility index (Phi) is 7.41. The number of hydrogen-bond donors (Lipinski definition) is 1. The maximum absolute atomic E-state index is 5.77. The van der Waals surface area contributed by atoms with Crippen molar-refractivity contribution < 1.29 is 4.74 Å². The van der Waals surface area contributed by atoms with E-state index in [1.54, 1.807) is 0 Å². The molecule has 0 aliphatic carbocycles. The van der Waals surface area contributed by atoms with Gasteiger partial charge in [0.25, 0.3) is 0 Å². The normalized spacial score (nSPS) is 12.4. The van der Waals surface area contributed by atoms with E-state index >= 15 is 0 Å². The Labute approximate surface area is 117 Å². The molecule has 0 saturated heterocycles. The monoisotopic (exact) mass is 265 g/mol. The van der Waals surface area contributed by atoms with Gasteiger partial charge >= 0.3 is 0 Å². The molecule has 4 nitrogen and oxygen atoms in total. The molecule has 0 amide bonds. The van der Waals surface area contributed by atoms with Gasteiger partial charge in [-0.1, -0.05) is 33.1 Å². The second-order valence-corrected chi connectivity index (χ2v) is 4.99. The number of hydrogen-bond acceptors (Lipinski definition) is 4. The van der Waals surface area contributed by atoms with Crippen molar-refractivity contribution >= 4 is 5.82 Å². The lowest BCUT2D eigenvalue weighted by Gasteiger charge is -2.14. The number of aromatic nitrogens is 2. The van der Waals surface area contributed by atoms with E-state index in [4.69, 9.17) is 4.74 Å². The minimum atomic E-state index is 0.499. The molecule has 1 unspecified atom stereocenters. The van der Waals surface area contributed by atoms with Gasteiger partial charge in [-0.05, 0) is 19.3 Å². The van der Waals surface area contributed by atoms with Gasteiger partial charge in [-0.2, -0.15) is 0 Å². The molecule has 1 aromatic rings. The van der Waals surface area contributed by atoms with Crippen LogP contribution in [0.5, 0.6) is 0 Å². The largest absolute Gasteiger partial charge is 0.373 e. The molecule has 108 valence electrons. The van der Waals surface area contributed by atoms with Crippen molar-refractivity contribution in [3.05, 3.63) is 17.6 Å². The SMILES string of the molecule is CCCCC(CC)COCc1nc(C)cc(NC)n1. The highest BCUT2D eigenvalue weighted by molar-refractivity contribution is 5.34. The van der Waals surface area contributed by atoms with Crippen LogP contribution in [0.1, 0.15) is 51.0 Å². The predicted molar refractivity (Wildman–Crippen MR) is 79.3 cm³/mol. The van der Waals surface area contributed by atoms with Crippen molar-refractivity contribution in [3.63, 3.8) is 0 Å². The molecule has 1 atom stereocenters. The summed E-state index contributed by atoms with van der Waals surface area (Å²) in [6.07, 6.45) is 4.97. The molecular weight excluding hydrogens is 238 g/mol. The van der Waals surface area contributed by atoms with Crippen molar-refractivity contribution in [2.24, 2.45) is 5.92 Å². The van der Waals surface area contributed by atoms with Crippen LogP contribution in [0.25, 0.3) is 0 Å². The molecule has 1 heterocycles. The zero-order valence-electron chi connectivity index (χ0n) is 12.7. The molecule has 0 fully saturated rings. The first kappa shape index (κ1) is 15.9. The minimum Gasteiger partial charge on any atom is -0.373 e. The Morgan fingerprint density at radius 3 is 2.74 bits per heavy atom. The molecule has 1 N–H and O–H groups in total.